The number of nitrogen functional groups attached to an aromatic ring is 1. The molecule has 0 aliphatic carbocycles. The number of carbonyl (C=O) groups excluding carboxylic acids is 1. The van der Waals surface area contributed by atoms with E-state index >= 15 is 0 Å². The van der Waals surface area contributed by atoms with E-state index in [9.17, 15) is 4.79 Å². The van der Waals surface area contributed by atoms with Crippen LogP contribution >= 0.6 is 0 Å². The Morgan fingerprint density at radius 3 is 2.63 bits per heavy atom. The molecule has 19 heavy (non-hydrogen) atoms. The predicted molar refractivity (Wildman–Crippen MR) is 74.2 cm³/mol. The fourth-order valence-corrected chi connectivity index (χ4v) is 1.62. The smallest absolute Gasteiger partial charge is 0.242 e. The predicted octanol–water partition coefficient (Wildman–Crippen LogP) is 0.372. The van der Waals surface area contributed by atoms with Crippen LogP contribution in [-0.2, 0) is 4.79 Å². The Balaban J connectivity index is 3.02. The van der Waals surface area contributed by atoms with E-state index in [2.05, 4.69) is 9.97 Å². The number of amides is 1. The number of hydrogen-bond donors (Lipinski definition) is 1. The van der Waals surface area contributed by atoms with Crippen LogP contribution in [0.25, 0.3) is 0 Å². The van der Waals surface area contributed by atoms with Gasteiger partial charge in [0.1, 0.15) is 12.0 Å². The molecule has 1 aromatic heterocycles. The molecular formula is C12H21N5O2. The quantitative estimate of drug-likeness (QED) is 0.801. The van der Waals surface area contributed by atoms with Crippen LogP contribution in [0.15, 0.2) is 6.33 Å². The van der Waals surface area contributed by atoms with Gasteiger partial charge in [0.05, 0.1) is 13.7 Å². The summed E-state index contributed by atoms with van der Waals surface area (Å²) < 4.78 is 5.07. The molecule has 0 saturated heterocycles. The second kappa shape index (κ2) is 6.77. The molecule has 0 aliphatic heterocycles. The molecule has 2 N–H and O–H groups in total. The first-order chi connectivity index (χ1) is 9.01. The molecule has 0 saturated carbocycles. The molecule has 0 spiro atoms. The number of rotatable bonds is 6. The van der Waals surface area contributed by atoms with E-state index < -0.39 is 0 Å². The molecule has 0 atom stereocenters. The van der Waals surface area contributed by atoms with Gasteiger partial charge in [0.2, 0.25) is 11.8 Å². The van der Waals surface area contributed by atoms with Gasteiger partial charge in [0.15, 0.2) is 5.82 Å². The number of ether oxygens (including phenoxy) is 1. The highest BCUT2D eigenvalue weighted by atomic mass is 16.5. The lowest BCUT2D eigenvalue weighted by atomic mass is 10.3. The fourth-order valence-electron chi connectivity index (χ4n) is 1.62. The van der Waals surface area contributed by atoms with Crippen LogP contribution in [-0.4, -0.2) is 55.1 Å². The van der Waals surface area contributed by atoms with Crippen LogP contribution in [0.4, 0.5) is 11.5 Å². The Bertz CT molecular complexity index is 436. The molecule has 0 bridgehead atoms. The van der Waals surface area contributed by atoms with Crippen LogP contribution < -0.4 is 15.4 Å². The monoisotopic (exact) mass is 267 g/mol. The van der Waals surface area contributed by atoms with Crippen LogP contribution in [0, 0.1) is 0 Å². The molecule has 1 rings (SSSR count). The number of nitrogens with zero attached hydrogens (tertiary/aromatic N) is 4. The minimum Gasteiger partial charge on any atom is -0.479 e. The maximum absolute atomic E-state index is 11.8. The van der Waals surface area contributed by atoms with Crippen molar-refractivity contribution >= 4 is 17.4 Å². The molecule has 7 nitrogen and oxygen atoms in total. The molecular weight excluding hydrogens is 246 g/mol. The second-order valence-electron chi connectivity index (χ2n) is 4.33. The van der Waals surface area contributed by atoms with E-state index in [4.69, 9.17) is 10.5 Å². The number of aromatic nitrogens is 2. The first-order valence-electron chi connectivity index (χ1n) is 6.10. The number of anilines is 2. The van der Waals surface area contributed by atoms with Crippen molar-refractivity contribution < 1.29 is 9.53 Å². The van der Waals surface area contributed by atoms with Gasteiger partial charge in [-0.25, -0.2) is 4.98 Å². The Morgan fingerprint density at radius 2 is 2.11 bits per heavy atom. The molecule has 7 heteroatoms. The van der Waals surface area contributed by atoms with E-state index in [1.165, 1.54) is 18.3 Å². The van der Waals surface area contributed by atoms with Crippen molar-refractivity contribution in [2.75, 3.05) is 44.9 Å². The van der Waals surface area contributed by atoms with Crippen molar-refractivity contribution in [2.45, 2.75) is 13.3 Å². The SMILES string of the molecule is CCCN(CC(=O)N(C)C)c1ncnc(OC)c1N. The van der Waals surface area contributed by atoms with E-state index in [-0.39, 0.29) is 12.5 Å². The van der Waals surface area contributed by atoms with Gasteiger partial charge in [0, 0.05) is 20.6 Å². The fraction of sp³-hybridized carbons (Fsp3) is 0.583. The molecule has 1 heterocycles. The maximum atomic E-state index is 11.8. The van der Waals surface area contributed by atoms with Gasteiger partial charge in [0.25, 0.3) is 0 Å². The zero-order valence-corrected chi connectivity index (χ0v) is 11.9. The summed E-state index contributed by atoms with van der Waals surface area (Å²) in [6.45, 7) is 2.94. The van der Waals surface area contributed by atoms with Crippen molar-refractivity contribution in [3.8, 4) is 5.88 Å². The van der Waals surface area contributed by atoms with Crippen LogP contribution in [0.2, 0.25) is 0 Å². The molecule has 0 aromatic carbocycles. The van der Waals surface area contributed by atoms with Gasteiger partial charge in [-0.3, -0.25) is 4.79 Å². The number of methoxy groups -OCH3 is 1. The van der Waals surface area contributed by atoms with Gasteiger partial charge in [-0.2, -0.15) is 4.98 Å². The lowest BCUT2D eigenvalue weighted by molar-refractivity contribution is -0.127. The third-order valence-corrected chi connectivity index (χ3v) is 2.64. The summed E-state index contributed by atoms with van der Waals surface area (Å²) in [5.74, 6) is 0.845. The molecule has 0 radical (unpaired) electrons. The molecule has 1 amide bonds. The van der Waals surface area contributed by atoms with Gasteiger partial charge in [-0.05, 0) is 6.42 Å². The highest BCUT2D eigenvalue weighted by Crippen LogP contribution is 2.27. The lowest BCUT2D eigenvalue weighted by Crippen LogP contribution is -2.38. The number of carbonyl (C=O) groups is 1. The summed E-state index contributed by atoms with van der Waals surface area (Å²) >= 11 is 0. The number of likely N-dealkylation sites (N-methyl/N-ethyl adjacent to an activating group) is 1. The van der Waals surface area contributed by atoms with Gasteiger partial charge in [-0.1, -0.05) is 6.92 Å². The average Bonchev–Trinajstić information content (AvgIpc) is 2.38. The van der Waals surface area contributed by atoms with E-state index in [0.717, 1.165) is 6.42 Å². The Kier molecular flexibility index (Phi) is 5.35. The summed E-state index contributed by atoms with van der Waals surface area (Å²) in [6.07, 6.45) is 2.26. The normalized spacial score (nSPS) is 10.1. The Hall–Kier alpha value is -2.05. The molecule has 1 aromatic rings. The first-order valence-corrected chi connectivity index (χ1v) is 6.10. The van der Waals surface area contributed by atoms with E-state index in [1.807, 2.05) is 11.8 Å². The van der Waals surface area contributed by atoms with Crippen molar-refractivity contribution in [1.82, 2.24) is 14.9 Å². The zero-order chi connectivity index (χ0) is 14.4. The average molecular weight is 267 g/mol. The lowest BCUT2D eigenvalue weighted by Gasteiger charge is -2.25. The molecule has 0 unspecified atom stereocenters. The van der Waals surface area contributed by atoms with Crippen molar-refractivity contribution in [3.05, 3.63) is 6.33 Å². The second-order valence-corrected chi connectivity index (χ2v) is 4.33. The summed E-state index contributed by atoms with van der Waals surface area (Å²) in [5, 5.41) is 0. The van der Waals surface area contributed by atoms with Crippen LogP contribution in [0.5, 0.6) is 5.88 Å². The third-order valence-electron chi connectivity index (χ3n) is 2.64. The molecule has 0 aliphatic rings. The van der Waals surface area contributed by atoms with Crippen molar-refractivity contribution in [1.29, 1.82) is 0 Å². The number of hydrogen-bond acceptors (Lipinski definition) is 6. The topological polar surface area (TPSA) is 84.6 Å². The highest BCUT2D eigenvalue weighted by Gasteiger charge is 2.18. The van der Waals surface area contributed by atoms with E-state index in [0.29, 0.717) is 23.9 Å². The van der Waals surface area contributed by atoms with Crippen molar-refractivity contribution in [2.24, 2.45) is 0 Å². The Labute approximate surface area is 113 Å². The molecule has 106 valence electrons. The van der Waals surface area contributed by atoms with Crippen molar-refractivity contribution in [3.63, 3.8) is 0 Å². The largest absolute Gasteiger partial charge is 0.479 e. The van der Waals surface area contributed by atoms with Gasteiger partial charge in [-0.15, -0.1) is 0 Å². The highest BCUT2D eigenvalue weighted by molar-refractivity contribution is 5.82. The minimum atomic E-state index is -0.00886. The maximum Gasteiger partial charge on any atom is 0.242 e. The Morgan fingerprint density at radius 1 is 1.42 bits per heavy atom. The summed E-state index contributed by atoms with van der Waals surface area (Å²) in [4.78, 5) is 23.3. The van der Waals surface area contributed by atoms with Crippen LogP contribution in [0.3, 0.4) is 0 Å². The number of nitrogens with two attached hydrogens (primary N) is 1. The summed E-state index contributed by atoms with van der Waals surface area (Å²) in [5.41, 5.74) is 6.31. The first kappa shape index (κ1) is 15.0. The summed E-state index contributed by atoms with van der Waals surface area (Å²) in [6, 6.07) is 0. The van der Waals surface area contributed by atoms with Gasteiger partial charge < -0.3 is 20.3 Å². The molecule has 0 fully saturated rings. The third kappa shape index (κ3) is 3.70. The standard InChI is InChI=1S/C12H21N5O2/c1-5-6-17(7-9(18)16(2)3)11-10(13)12(19-4)15-8-14-11/h8H,5-7,13H2,1-4H3. The minimum absolute atomic E-state index is 0.00886. The van der Waals surface area contributed by atoms with E-state index in [1.54, 1.807) is 14.1 Å². The summed E-state index contributed by atoms with van der Waals surface area (Å²) in [7, 11) is 4.93. The van der Waals surface area contributed by atoms with Crippen LogP contribution in [0.1, 0.15) is 13.3 Å². The van der Waals surface area contributed by atoms with Gasteiger partial charge >= 0.3 is 0 Å². The zero-order valence-electron chi connectivity index (χ0n) is 11.9.